The molecule has 3 saturated carbocycles. The fourth-order valence-corrected chi connectivity index (χ4v) is 4.22. The highest BCUT2D eigenvalue weighted by molar-refractivity contribution is 5.21. The summed E-state index contributed by atoms with van der Waals surface area (Å²) in [4.78, 5) is 0. The van der Waals surface area contributed by atoms with Crippen LogP contribution in [0, 0.1) is 17.8 Å². The van der Waals surface area contributed by atoms with Gasteiger partial charge in [-0.05, 0) is 61.8 Å². The first-order valence-electron chi connectivity index (χ1n) is 8.71. The van der Waals surface area contributed by atoms with E-state index in [1.165, 1.54) is 56.9 Å². The fraction of sp³-hybridized carbons (Fsp3) is 0.684. The molecule has 0 bridgehead atoms. The molecule has 0 amide bonds. The number of hydrogen-bond acceptors (Lipinski definition) is 1. The van der Waals surface area contributed by atoms with Crippen LogP contribution in [0.25, 0.3) is 0 Å². The topological polar surface area (TPSA) is 12.0 Å². The van der Waals surface area contributed by atoms with E-state index in [9.17, 15) is 0 Å². The first-order valence-corrected chi connectivity index (χ1v) is 8.71. The Balaban J connectivity index is 1.42. The largest absolute Gasteiger partial charge is 0.307 e. The summed E-state index contributed by atoms with van der Waals surface area (Å²) < 4.78 is 0. The maximum atomic E-state index is 4.05. The van der Waals surface area contributed by atoms with E-state index in [2.05, 4.69) is 35.6 Å². The Morgan fingerprint density at radius 3 is 2.35 bits per heavy atom. The highest BCUT2D eigenvalue weighted by Gasteiger charge is 2.37. The molecule has 3 fully saturated rings. The van der Waals surface area contributed by atoms with E-state index in [1.807, 2.05) is 0 Å². The zero-order valence-corrected chi connectivity index (χ0v) is 12.4. The van der Waals surface area contributed by atoms with Crippen molar-refractivity contribution in [1.82, 2.24) is 5.32 Å². The van der Waals surface area contributed by atoms with Gasteiger partial charge in [-0.25, -0.2) is 0 Å². The van der Waals surface area contributed by atoms with E-state index < -0.39 is 0 Å². The van der Waals surface area contributed by atoms with E-state index in [-0.39, 0.29) is 0 Å². The Labute approximate surface area is 123 Å². The van der Waals surface area contributed by atoms with Crippen molar-refractivity contribution >= 4 is 0 Å². The molecule has 0 aromatic heterocycles. The third-order valence-corrected chi connectivity index (χ3v) is 5.67. The molecule has 1 N–H and O–H groups in total. The molecule has 1 nitrogen and oxygen atoms in total. The van der Waals surface area contributed by atoms with Gasteiger partial charge in [-0.2, -0.15) is 0 Å². The van der Waals surface area contributed by atoms with Crippen molar-refractivity contribution in [3.8, 4) is 0 Å². The van der Waals surface area contributed by atoms with Crippen LogP contribution in [0.1, 0.15) is 63.0 Å². The first-order chi connectivity index (χ1) is 9.90. The average Bonchev–Trinajstić information content (AvgIpc) is 3.39. The van der Waals surface area contributed by atoms with Gasteiger partial charge in [-0.1, -0.05) is 43.2 Å². The van der Waals surface area contributed by atoms with Crippen molar-refractivity contribution in [3.63, 3.8) is 0 Å². The standard InChI is InChI=1S/C19H27N/c1-2-5-15(6-3-1)19(16-11-12-16)20-18-8-4-7-17(13-18)14-9-10-14/h1-3,5-6,14,16-20H,4,7-13H2. The molecule has 0 spiro atoms. The monoisotopic (exact) mass is 269 g/mol. The van der Waals surface area contributed by atoms with Crippen LogP contribution < -0.4 is 5.32 Å². The van der Waals surface area contributed by atoms with E-state index in [0.717, 1.165) is 23.8 Å². The van der Waals surface area contributed by atoms with Crippen molar-refractivity contribution in [2.45, 2.75) is 63.5 Å². The molecule has 1 aromatic rings. The summed E-state index contributed by atoms with van der Waals surface area (Å²) in [6, 6.07) is 12.6. The molecule has 3 aliphatic carbocycles. The van der Waals surface area contributed by atoms with Gasteiger partial charge in [-0.15, -0.1) is 0 Å². The normalized spacial score (nSPS) is 32.0. The predicted octanol–water partition coefficient (Wildman–Crippen LogP) is 4.70. The van der Waals surface area contributed by atoms with Crippen LogP contribution in [-0.4, -0.2) is 6.04 Å². The van der Waals surface area contributed by atoms with Crippen molar-refractivity contribution in [3.05, 3.63) is 35.9 Å². The molecule has 1 heteroatoms. The summed E-state index contributed by atoms with van der Waals surface area (Å²) in [7, 11) is 0. The first kappa shape index (κ1) is 12.9. The zero-order valence-electron chi connectivity index (χ0n) is 12.4. The molecular formula is C19H27N. The lowest BCUT2D eigenvalue weighted by atomic mass is 9.82. The Morgan fingerprint density at radius 1 is 0.850 bits per heavy atom. The summed E-state index contributed by atoms with van der Waals surface area (Å²) in [6.45, 7) is 0. The molecule has 0 saturated heterocycles. The molecule has 1 aromatic carbocycles. The molecule has 0 aliphatic heterocycles. The van der Waals surface area contributed by atoms with Gasteiger partial charge in [0.15, 0.2) is 0 Å². The van der Waals surface area contributed by atoms with E-state index in [4.69, 9.17) is 0 Å². The van der Waals surface area contributed by atoms with Gasteiger partial charge in [0.1, 0.15) is 0 Å². The van der Waals surface area contributed by atoms with E-state index in [0.29, 0.717) is 6.04 Å². The maximum Gasteiger partial charge on any atom is 0.0351 e. The quantitative estimate of drug-likeness (QED) is 0.817. The molecule has 3 unspecified atom stereocenters. The van der Waals surface area contributed by atoms with Crippen LogP contribution in [0.3, 0.4) is 0 Å². The van der Waals surface area contributed by atoms with Crippen molar-refractivity contribution in [1.29, 1.82) is 0 Å². The van der Waals surface area contributed by atoms with Gasteiger partial charge in [-0.3, -0.25) is 0 Å². The summed E-state index contributed by atoms with van der Waals surface area (Å²) in [5.74, 6) is 3.03. The summed E-state index contributed by atoms with van der Waals surface area (Å²) >= 11 is 0. The van der Waals surface area contributed by atoms with Gasteiger partial charge in [0.2, 0.25) is 0 Å². The molecule has 0 radical (unpaired) electrons. The summed E-state index contributed by atoms with van der Waals surface area (Å²) in [5.41, 5.74) is 1.52. The minimum atomic E-state index is 0.624. The molecule has 3 aliphatic rings. The second-order valence-electron chi connectivity index (χ2n) is 7.35. The van der Waals surface area contributed by atoms with Crippen LogP contribution in [0.15, 0.2) is 30.3 Å². The number of rotatable bonds is 5. The fourth-order valence-electron chi connectivity index (χ4n) is 4.22. The molecule has 0 heterocycles. The van der Waals surface area contributed by atoms with Gasteiger partial charge in [0, 0.05) is 12.1 Å². The van der Waals surface area contributed by atoms with Gasteiger partial charge in [0.25, 0.3) is 0 Å². The number of nitrogens with one attached hydrogen (secondary N) is 1. The number of hydrogen-bond donors (Lipinski definition) is 1. The summed E-state index contributed by atoms with van der Waals surface area (Å²) in [6.07, 6.45) is 11.7. The molecular weight excluding hydrogens is 242 g/mol. The van der Waals surface area contributed by atoms with E-state index in [1.54, 1.807) is 0 Å². The molecule has 4 rings (SSSR count). The SMILES string of the molecule is c1ccc(C(NC2CCCC(C3CC3)C2)C2CC2)cc1. The Hall–Kier alpha value is -0.820. The maximum absolute atomic E-state index is 4.05. The lowest BCUT2D eigenvalue weighted by Crippen LogP contribution is -2.38. The Kier molecular flexibility index (Phi) is 3.56. The van der Waals surface area contributed by atoms with Gasteiger partial charge >= 0.3 is 0 Å². The highest BCUT2D eigenvalue weighted by Crippen LogP contribution is 2.46. The van der Waals surface area contributed by atoms with Crippen LogP contribution in [0.2, 0.25) is 0 Å². The van der Waals surface area contributed by atoms with Gasteiger partial charge < -0.3 is 5.32 Å². The van der Waals surface area contributed by atoms with Gasteiger partial charge in [0.05, 0.1) is 0 Å². The van der Waals surface area contributed by atoms with Crippen LogP contribution >= 0.6 is 0 Å². The van der Waals surface area contributed by atoms with Crippen LogP contribution in [-0.2, 0) is 0 Å². The third kappa shape index (κ3) is 2.93. The average molecular weight is 269 g/mol. The second-order valence-corrected chi connectivity index (χ2v) is 7.35. The Bertz CT molecular complexity index is 432. The highest BCUT2D eigenvalue weighted by atomic mass is 15.0. The lowest BCUT2D eigenvalue weighted by molar-refractivity contribution is 0.240. The smallest absolute Gasteiger partial charge is 0.0351 e. The minimum absolute atomic E-state index is 0.624. The zero-order chi connectivity index (χ0) is 13.4. The molecule has 108 valence electrons. The van der Waals surface area contributed by atoms with Crippen molar-refractivity contribution in [2.75, 3.05) is 0 Å². The predicted molar refractivity (Wildman–Crippen MR) is 83.5 cm³/mol. The molecule has 20 heavy (non-hydrogen) atoms. The summed E-state index contributed by atoms with van der Waals surface area (Å²) in [5, 5.41) is 4.05. The Morgan fingerprint density at radius 2 is 1.65 bits per heavy atom. The second kappa shape index (κ2) is 5.52. The van der Waals surface area contributed by atoms with Crippen LogP contribution in [0.4, 0.5) is 0 Å². The lowest BCUT2D eigenvalue weighted by Gasteiger charge is -2.33. The molecule has 3 atom stereocenters. The van der Waals surface area contributed by atoms with Crippen molar-refractivity contribution < 1.29 is 0 Å². The van der Waals surface area contributed by atoms with Crippen molar-refractivity contribution in [2.24, 2.45) is 17.8 Å². The number of benzene rings is 1. The van der Waals surface area contributed by atoms with Crippen LogP contribution in [0.5, 0.6) is 0 Å². The minimum Gasteiger partial charge on any atom is -0.307 e. The third-order valence-electron chi connectivity index (χ3n) is 5.67. The van der Waals surface area contributed by atoms with E-state index >= 15 is 0 Å².